The van der Waals surface area contributed by atoms with E-state index < -0.39 is 17.7 Å². The van der Waals surface area contributed by atoms with E-state index in [0.717, 1.165) is 0 Å². The SMILES string of the molecule is COC(=O)c1cc(NC(=O)OC(C)(C)C)c(Cl)cc1Cl. The Labute approximate surface area is 127 Å². The first kappa shape index (κ1) is 16.6. The monoisotopic (exact) mass is 319 g/mol. The molecule has 20 heavy (non-hydrogen) atoms. The minimum atomic E-state index is -0.683. The summed E-state index contributed by atoms with van der Waals surface area (Å²) in [6, 6.07) is 2.68. The Morgan fingerprint density at radius 3 is 2.25 bits per heavy atom. The lowest BCUT2D eigenvalue weighted by atomic mass is 10.2. The fraction of sp³-hybridized carbons (Fsp3) is 0.385. The van der Waals surface area contributed by atoms with Gasteiger partial charge in [0.2, 0.25) is 0 Å². The van der Waals surface area contributed by atoms with E-state index >= 15 is 0 Å². The van der Waals surface area contributed by atoms with Crippen LogP contribution < -0.4 is 5.32 Å². The zero-order chi connectivity index (χ0) is 15.5. The fourth-order valence-electron chi connectivity index (χ4n) is 1.32. The third-order valence-electron chi connectivity index (χ3n) is 2.10. The molecule has 0 spiro atoms. The van der Waals surface area contributed by atoms with Crippen molar-refractivity contribution in [2.24, 2.45) is 0 Å². The van der Waals surface area contributed by atoms with Gasteiger partial charge >= 0.3 is 12.1 Å². The van der Waals surface area contributed by atoms with Gasteiger partial charge in [-0.15, -0.1) is 0 Å². The van der Waals surface area contributed by atoms with E-state index in [-0.39, 0.29) is 21.3 Å². The van der Waals surface area contributed by atoms with Crippen LogP contribution in [0.25, 0.3) is 0 Å². The molecule has 0 aliphatic carbocycles. The number of benzene rings is 1. The molecule has 0 aromatic heterocycles. The van der Waals surface area contributed by atoms with Crippen molar-refractivity contribution in [2.75, 3.05) is 12.4 Å². The van der Waals surface area contributed by atoms with Crippen molar-refractivity contribution in [3.8, 4) is 0 Å². The molecule has 0 heterocycles. The van der Waals surface area contributed by atoms with Gasteiger partial charge in [-0.3, -0.25) is 5.32 Å². The Balaban J connectivity index is 3.01. The first-order valence-electron chi connectivity index (χ1n) is 5.71. The molecule has 0 aliphatic rings. The number of amides is 1. The number of hydrogen-bond acceptors (Lipinski definition) is 4. The van der Waals surface area contributed by atoms with Crippen molar-refractivity contribution in [1.82, 2.24) is 0 Å². The van der Waals surface area contributed by atoms with Crippen molar-refractivity contribution in [3.05, 3.63) is 27.7 Å². The van der Waals surface area contributed by atoms with Crippen molar-refractivity contribution in [1.29, 1.82) is 0 Å². The van der Waals surface area contributed by atoms with Gasteiger partial charge in [0.15, 0.2) is 0 Å². The summed E-state index contributed by atoms with van der Waals surface area (Å²) in [5, 5.41) is 2.78. The van der Waals surface area contributed by atoms with Crippen LogP contribution in [-0.4, -0.2) is 24.8 Å². The molecule has 1 rings (SSSR count). The van der Waals surface area contributed by atoms with Crippen molar-refractivity contribution >= 4 is 41.0 Å². The number of halogens is 2. The maximum absolute atomic E-state index is 11.7. The van der Waals surface area contributed by atoms with Crippen LogP contribution in [-0.2, 0) is 9.47 Å². The molecule has 5 nitrogen and oxygen atoms in total. The Kier molecular flexibility index (Phi) is 5.25. The minimum absolute atomic E-state index is 0.102. The van der Waals surface area contributed by atoms with Gasteiger partial charge in [-0.05, 0) is 32.9 Å². The Morgan fingerprint density at radius 2 is 1.75 bits per heavy atom. The predicted molar refractivity (Wildman–Crippen MR) is 77.7 cm³/mol. The Morgan fingerprint density at radius 1 is 1.15 bits per heavy atom. The maximum atomic E-state index is 11.7. The van der Waals surface area contributed by atoms with Crippen LogP contribution in [0.3, 0.4) is 0 Å². The standard InChI is InChI=1S/C13H15Cl2NO4/c1-13(2,3)20-12(18)16-10-5-7(11(17)19-4)8(14)6-9(10)15/h5-6H,1-4H3,(H,16,18). The average molecular weight is 320 g/mol. The molecule has 0 fully saturated rings. The molecule has 0 bridgehead atoms. The van der Waals surface area contributed by atoms with Gasteiger partial charge in [-0.25, -0.2) is 9.59 Å². The number of methoxy groups -OCH3 is 1. The van der Waals surface area contributed by atoms with E-state index in [4.69, 9.17) is 27.9 Å². The highest BCUT2D eigenvalue weighted by molar-refractivity contribution is 6.38. The molecular weight excluding hydrogens is 305 g/mol. The number of anilines is 1. The maximum Gasteiger partial charge on any atom is 0.412 e. The Bertz CT molecular complexity index is 538. The largest absolute Gasteiger partial charge is 0.465 e. The summed E-state index contributed by atoms with van der Waals surface area (Å²) < 4.78 is 9.68. The highest BCUT2D eigenvalue weighted by Gasteiger charge is 2.19. The topological polar surface area (TPSA) is 64.6 Å². The number of hydrogen-bond donors (Lipinski definition) is 1. The lowest BCUT2D eigenvalue weighted by molar-refractivity contribution is 0.0596. The van der Waals surface area contributed by atoms with Gasteiger partial charge in [0.1, 0.15) is 5.60 Å². The summed E-state index contributed by atoms with van der Waals surface area (Å²) in [6.07, 6.45) is -0.683. The lowest BCUT2D eigenvalue weighted by Gasteiger charge is -2.20. The fourth-order valence-corrected chi connectivity index (χ4v) is 1.83. The number of esters is 1. The summed E-state index contributed by atoms with van der Waals surface area (Å²) in [5.74, 6) is -0.626. The second-order valence-corrected chi connectivity index (χ2v) is 5.74. The molecule has 0 unspecified atom stereocenters. The molecule has 1 N–H and O–H groups in total. The van der Waals surface area contributed by atoms with E-state index in [1.807, 2.05) is 0 Å². The van der Waals surface area contributed by atoms with Crippen molar-refractivity contribution in [2.45, 2.75) is 26.4 Å². The van der Waals surface area contributed by atoms with Gasteiger partial charge in [0.25, 0.3) is 0 Å². The zero-order valence-electron chi connectivity index (χ0n) is 11.5. The van der Waals surface area contributed by atoms with Crippen LogP contribution in [0.15, 0.2) is 12.1 Å². The first-order valence-corrected chi connectivity index (χ1v) is 6.47. The number of rotatable bonds is 2. The molecule has 0 atom stereocenters. The minimum Gasteiger partial charge on any atom is -0.465 e. The molecule has 0 aliphatic heterocycles. The molecule has 0 radical (unpaired) electrons. The van der Waals surface area contributed by atoms with E-state index in [1.54, 1.807) is 20.8 Å². The summed E-state index contributed by atoms with van der Waals surface area (Å²) in [7, 11) is 1.23. The third-order valence-corrected chi connectivity index (χ3v) is 2.72. The molecular formula is C13H15Cl2NO4. The van der Waals surface area contributed by atoms with E-state index in [1.165, 1.54) is 19.2 Å². The second kappa shape index (κ2) is 6.33. The second-order valence-electron chi connectivity index (χ2n) is 4.93. The van der Waals surface area contributed by atoms with Gasteiger partial charge in [0, 0.05) is 0 Å². The lowest BCUT2D eigenvalue weighted by Crippen LogP contribution is -2.27. The number of nitrogens with one attached hydrogen (secondary N) is 1. The van der Waals surface area contributed by atoms with Crippen LogP contribution in [0.4, 0.5) is 10.5 Å². The predicted octanol–water partition coefficient (Wildman–Crippen LogP) is 4.13. The van der Waals surface area contributed by atoms with E-state index in [0.29, 0.717) is 0 Å². The molecule has 1 aromatic rings. The number of carbonyl (C=O) groups excluding carboxylic acids is 2. The summed E-state index contributed by atoms with van der Waals surface area (Å²) in [5.41, 5.74) is -0.330. The zero-order valence-corrected chi connectivity index (χ0v) is 13.1. The van der Waals surface area contributed by atoms with Gasteiger partial charge in [-0.1, -0.05) is 23.2 Å². The average Bonchev–Trinajstić information content (AvgIpc) is 2.29. The van der Waals surface area contributed by atoms with E-state index in [9.17, 15) is 9.59 Å². The molecule has 0 saturated carbocycles. The summed E-state index contributed by atoms with van der Waals surface area (Å²) in [4.78, 5) is 23.2. The highest BCUT2D eigenvalue weighted by Crippen LogP contribution is 2.30. The van der Waals surface area contributed by atoms with Crippen LogP contribution >= 0.6 is 23.2 Å². The highest BCUT2D eigenvalue weighted by atomic mass is 35.5. The molecule has 110 valence electrons. The van der Waals surface area contributed by atoms with Crippen molar-refractivity contribution < 1.29 is 19.1 Å². The Hall–Kier alpha value is -1.46. The first-order chi connectivity index (χ1) is 9.14. The van der Waals surface area contributed by atoms with Gasteiger partial charge in [0.05, 0.1) is 28.4 Å². The number of ether oxygens (including phenoxy) is 2. The van der Waals surface area contributed by atoms with Crippen molar-refractivity contribution in [3.63, 3.8) is 0 Å². The third kappa shape index (κ3) is 4.58. The van der Waals surface area contributed by atoms with Gasteiger partial charge < -0.3 is 9.47 Å². The summed E-state index contributed by atoms with van der Waals surface area (Å²) >= 11 is 11.8. The summed E-state index contributed by atoms with van der Waals surface area (Å²) in [6.45, 7) is 5.20. The normalized spacial score (nSPS) is 10.9. The molecule has 7 heteroatoms. The van der Waals surface area contributed by atoms with Crippen LogP contribution in [0.5, 0.6) is 0 Å². The van der Waals surface area contributed by atoms with Crippen LogP contribution in [0, 0.1) is 0 Å². The molecule has 1 aromatic carbocycles. The quantitative estimate of drug-likeness (QED) is 0.832. The molecule has 1 amide bonds. The van der Waals surface area contributed by atoms with Crippen LogP contribution in [0.2, 0.25) is 10.0 Å². The van der Waals surface area contributed by atoms with Gasteiger partial charge in [-0.2, -0.15) is 0 Å². The van der Waals surface area contributed by atoms with Crippen LogP contribution in [0.1, 0.15) is 31.1 Å². The number of carbonyl (C=O) groups is 2. The molecule has 0 saturated heterocycles. The van der Waals surface area contributed by atoms with E-state index in [2.05, 4.69) is 10.1 Å². The smallest absolute Gasteiger partial charge is 0.412 e.